The van der Waals surface area contributed by atoms with Crippen molar-refractivity contribution in [1.82, 2.24) is 20.8 Å². The minimum absolute atomic E-state index is 0.0753. The molecule has 1 unspecified atom stereocenters. The van der Waals surface area contributed by atoms with Gasteiger partial charge in [0.05, 0.1) is 5.69 Å². The van der Waals surface area contributed by atoms with Crippen LogP contribution in [0, 0.1) is 20.8 Å². The van der Waals surface area contributed by atoms with E-state index in [1.165, 1.54) is 0 Å². The molecule has 0 radical (unpaired) electrons. The van der Waals surface area contributed by atoms with Crippen molar-refractivity contribution in [3.63, 3.8) is 0 Å². The molecule has 3 heterocycles. The van der Waals surface area contributed by atoms with E-state index in [4.69, 9.17) is 4.42 Å². The summed E-state index contributed by atoms with van der Waals surface area (Å²) < 4.78 is 5.46. The summed E-state index contributed by atoms with van der Waals surface area (Å²) in [5, 5.41) is 13.1. The summed E-state index contributed by atoms with van der Waals surface area (Å²) in [7, 11) is 0. The van der Waals surface area contributed by atoms with Crippen LogP contribution in [0.5, 0.6) is 0 Å². The zero-order chi connectivity index (χ0) is 18.0. The number of aromatic nitrogens is 2. The Bertz CT molecular complexity index is 812. The molecular formula is C18H24N4O3. The predicted octanol–water partition coefficient (Wildman–Crippen LogP) is 1.69. The molecule has 134 valence electrons. The van der Waals surface area contributed by atoms with Gasteiger partial charge in [0, 0.05) is 30.3 Å². The molecule has 0 bridgehead atoms. The molecule has 1 aliphatic heterocycles. The van der Waals surface area contributed by atoms with Gasteiger partial charge in [0.25, 0.3) is 5.91 Å². The van der Waals surface area contributed by atoms with Gasteiger partial charge in [0.2, 0.25) is 0 Å². The number of hydrogen-bond acceptors (Lipinski definition) is 5. The molecule has 0 saturated carbocycles. The van der Waals surface area contributed by atoms with Crippen molar-refractivity contribution >= 4 is 5.91 Å². The summed E-state index contributed by atoms with van der Waals surface area (Å²) in [6.45, 7) is 7.66. The van der Waals surface area contributed by atoms with Gasteiger partial charge in [-0.3, -0.25) is 9.89 Å². The Labute approximate surface area is 146 Å². The average molecular weight is 344 g/mol. The maximum absolute atomic E-state index is 12.5. The van der Waals surface area contributed by atoms with E-state index in [1.54, 1.807) is 6.92 Å². The Morgan fingerprint density at radius 3 is 2.80 bits per heavy atom. The lowest BCUT2D eigenvalue weighted by Crippen LogP contribution is -2.31. The van der Waals surface area contributed by atoms with Crippen LogP contribution in [-0.2, 0) is 6.54 Å². The van der Waals surface area contributed by atoms with E-state index in [0.717, 1.165) is 42.9 Å². The first-order valence-electron chi connectivity index (χ1n) is 8.61. The fourth-order valence-corrected chi connectivity index (χ4v) is 3.29. The van der Waals surface area contributed by atoms with Crippen LogP contribution < -0.4 is 16.3 Å². The second-order valence-electron chi connectivity index (χ2n) is 6.63. The molecule has 7 heteroatoms. The third-order valence-corrected chi connectivity index (χ3v) is 4.80. The van der Waals surface area contributed by atoms with Gasteiger partial charge in [-0.15, -0.1) is 0 Å². The van der Waals surface area contributed by atoms with E-state index in [2.05, 4.69) is 20.8 Å². The van der Waals surface area contributed by atoms with Crippen LogP contribution >= 0.6 is 0 Å². The average Bonchev–Trinajstić information content (AvgIpc) is 2.91. The van der Waals surface area contributed by atoms with Gasteiger partial charge in [-0.1, -0.05) is 0 Å². The van der Waals surface area contributed by atoms with Crippen LogP contribution in [0.4, 0.5) is 0 Å². The molecule has 1 saturated heterocycles. The van der Waals surface area contributed by atoms with Gasteiger partial charge in [-0.2, -0.15) is 5.10 Å². The minimum Gasteiger partial charge on any atom is -0.427 e. The highest BCUT2D eigenvalue weighted by Gasteiger charge is 2.22. The third-order valence-electron chi connectivity index (χ3n) is 4.80. The molecule has 25 heavy (non-hydrogen) atoms. The summed E-state index contributed by atoms with van der Waals surface area (Å²) in [5.41, 5.74) is 2.82. The highest BCUT2D eigenvalue weighted by molar-refractivity contribution is 5.95. The number of piperidine rings is 1. The lowest BCUT2D eigenvalue weighted by molar-refractivity contribution is 0.0945. The van der Waals surface area contributed by atoms with E-state index >= 15 is 0 Å². The maximum Gasteiger partial charge on any atom is 0.349 e. The Balaban J connectivity index is 1.77. The summed E-state index contributed by atoms with van der Waals surface area (Å²) in [4.78, 5) is 24.9. The number of nitrogens with one attached hydrogen (secondary N) is 3. The Kier molecular flexibility index (Phi) is 5.03. The summed E-state index contributed by atoms with van der Waals surface area (Å²) in [5.74, 6) is 0.431. The molecule has 2 aromatic rings. The lowest BCUT2D eigenvalue weighted by Gasteiger charge is -2.22. The first kappa shape index (κ1) is 17.4. The van der Waals surface area contributed by atoms with Crippen molar-refractivity contribution in [2.45, 2.75) is 46.1 Å². The van der Waals surface area contributed by atoms with E-state index in [0.29, 0.717) is 17.9 Å². The first-order valence-corrected chi connectivity index (χ1v) is 8.61. The number of hydrogen-bond donors (Lipinski definition) is 3. The van der Waals surface area contributed by atoms with Gasteiger partial charge < -0.3 is 15.1 Å². The van der Waals surface area contributed by atoms with Crippen LogP contribution in [-0.4, -0.2) is 29.2 Å². The molecule has 1 fully saturated rings. The van der Waals surface area contributed by atoms with Gasteiger partial charge in [0.1, 0.15) is 11.3 Å². The quantitative estimate of drug-likeness (QED) is 0.784. The minimum atomic E-state index is -0.571. The number of aryl methyl sites for hydroxylation is 3. The van der Waals surface area contributed by atoms with Gasteiger partial charge in [-0.05, 0) is 51.8 Å². The molecule has 3 N–H and O–H groups in total. The van der Waals surface area contributed by atoms with Crippen LogP contribution in [0.15, 0.2) is 15.3 Å². The fourth-order valence-electron chi connectivity index (χ4n) is 3.29. The topological polar surface area (TPSA) is 100 Å². The van der Waals surface area contributed by atoms with Crippen LogP contribution in [0.1, 0.15) is 57.4 Å². The van der Waals surface area contributed by atoms with Crippen molar-refractivity contribution in [2.75, 3.05) is 13.1 Å². The molecule has 1 atom stereocenters. The SMILES string of the molecule is Cc1cc(C2CCCNC2)oc(=O)c1C(=O)NCc1c(C)n[nH]c1C. The van der Waals surface area contributed by atoms with Crippen molar-refractivity contribution in [3.05, 3.63) is 50.3 Å². The second kappa shape index (κ2) is 7.23. The number of amides is 1. The molecular weight excluding hydrogens is 320 g/mol. The van der Waals surface area contributed by atoms with Crippen molar-refractivity contribution < 1.29 is 9.21 Å². The molecule has 2 aromatic heterocycles. The number of nitrogens with zero attached hydrogens (tertiary/aromatic N) is 1. The molecule has 0 aliphatic carbocycles. The number of carbonyl (C=O) groups excluding carboxylic acids is 1. The standard InChI is InChI=1S/C18H24N4O3/c1-10-7-15(13-5-4-6-19-8-13)25-18(24)16(10)17(23)20-9-14-11(2)21-22-12(14)3/h7,13,19H,4-6,8-9H2,1-3H3,(H,20,23)(H,21,22). The fraction of sp³-hybridized carbons (Fsp3) is 0.500. The molecule has 1 amide bonds. The normalized spacial score (nSPS) is 17.5. The molecule has 1 aliphatic rings. The summed E-state index contributed by atoms with van der Waals surface area (Å²) in [6, 6.07) is 1.82. The molecule has 0 spiro atoms. The number of aromatic amines is 1. The summed E-state index contributed by atoms with van der Waals surface area (Å²) >= 11 is 0. The van der Waals surface area contributed by atoms with Crippen molar-refractivity contribution in [3.8, 4) is 0 Å². The molecule has 7 nitrogen and oxygen atoms in total. The van der Waals surface area contributed by atoms with Crippen molar-refractivity contribution in [1.29, 1.82) is 0 Å². The number of carbonyl (C=O) groups is 1. The van der Waals surface area contributed by atoms with Gasteiger partial charge in [-0.25, -0.2) is 4.79 Å². The second-order valence-corrected chi connectivity index (χ2v) is 6.63. The highest BCUT2D eigenvalue weighted by Crippen LogP contribution is 2.23. The monoisotopic (exact) mass is 344 g/mol. The van der Waals surface area contributed by atoms with Crippen LogP contribution in [0.3, 0.4) is 0 Å². The highest BCUT2D eigenvalue weighted by atomic mass is 16.4. The van der Waals surface area contributed by atoms with E-state index in [1.807, 2.05) is 19.9 Å². The third kappa shape index (κ3) is 3.66. The van der Waals surface area contributed by atoms with E-state index < -0.39 is 11.5 Å². The van der Waals surface area contributed by atoms with Gasteiger partial charge in [0.15, 0.2) is 0 Å². The summed E-state index contributed by atoms with van der Waals surface area (Å²) in [6.07, 6.45) is 2.04. The zero-order valence-electron chi connectivity index (χ0n) is 14.9. The smallest absolute Gasteiger partial charge is 0.349 e. The Morgan fingerprint density at radius 2 is 2.20 bits per heavy atom. The Hall–Kier alpha value is -2.41. The molecule has 0 aromatic carbocycles. The number of H-pyrrole nitrogens is 1. The number of rotatable bonds is 4. The lowest BCUT2D eigenvalue weighted by atomic mass is 9.95. The van der Waals surface area contributed by atoms with Crippen LogP contribution in [0.2, 0.25) is 0 Å². The first-order chi connectivity index (χ1) is 12.0. The predicted molar refractivity (Wildman–Crippen MR) is 93.8 cm³/mol. The largest absolute Gasteiger partial charge is 0.427 e. The molecule has 3 rings (SSSR count). The van der Waals surface area contributed by atoms with E-state index in [-0.39, 0.29) is 11.5 Å². The Morgan fingerprint density at radius 1 is 1.40 bits per heavy atom. The maximum atomic E-state index is 12.5. The van der Waals surface area contributed by atoms with Gasteiger partial charge >= 0.3 is 5.63 Å². The van der Waals surface area contributed by atoms with Crippen molar-refractivity contribution in [2.24, 2.45) is 0 Å². The van der Waals surface area contributed by atoms with Crippen LogP contribution in [0.25, 0.3) is 0 Å². The zero-order valence-corrected chi connectivity index (χ0v) is 14.9. The van der Waals surface area contributed by atoms with E-state index in [9.17, 15) is 9.59 Å².